The summed E-state index contributed by atoms with van der Waals surface area (Å²) >= 11 is 0. The van der Waals surface area contributed by atoms with Crippen LogP contribution in [0.5, 0.6) is 0 Å². The van der Waals surface area contributed by atoms with Crippen molar-refractivity contribution in [1.82, 2.24) is 19.5 Å². The topological polar surface area (TPSA) is 169 Å². The smallest absolute Gasteiger partial charge is 0.303 e. The largest absolute Gasteiger partial charge is 0.481 e. The third-order valence-corrected chi connectivity index (χ3v) is 5.19. The van der Waals surface area contributed by atoms with Crippen LogP contribution in [0.1, 0.15) is 23.8 Å². The van der Waals surface area contributed by atoms with E-state index in [0.717, 1.165) is 11.1 Å². The maximum atomic E-state index is 10.7. The van der Waals surface area contributed by atoms with Gasteiger partial charge in [0.2, 0.25) is 5.95 Å². The van der Waals surface area contributed by atoms with Gasteiger partial charge in [-0.15, -0.1) is 0 Å². The number of rotatable bonds is 8. The van der Waals surface area contributed by atoms with E-state index in [1.807, 2.05) is 24.3 Å². The summed E-state index contributed by atoms with van der Waals surface area (Å²) in [4.78, 5) is 23.6. The maximum absolute atomic E-state index is 10.7. The van der Waals surface area contributed by atoms with Gasteiger partial charge in [-0.05, 0) is 24.0 Å². The zero-order valence-electron chi connectivity index (χ0n) is 16.7. The first-order chi connectivity index (χ1) is 14.9. The van der Waals surface area contributed by atoms with E-state index < -0.39 is 24.4 Å². The molecule has 0 radical (unpaired) electrons. The normalized spacial score (nSPS) is 20.9. The summed E-state index contributed by atoms with van der Waals surface area (Å²) in [5.74, 6) is -0.295. The predicted molar refractivity (Wildman–Crippen MR) is 111 cm³/mol. The van der Waals surface area contributed by atoms with Crippen LogP contribution in [0.3, 0.4) is 0 Å². The molecule has 3 unspecified atom stereocenters. The zero-order valence-corrected chi connectivity index (χ0v) is 16.7. The molecule has 31 heavy (non-hydrogen) atoms. The molecular weight excluding hydrogens is 404 g/mol. The third kappa shape index (κ3) is 4.58. The molecule has 1 aliphatic rings. The fourth-order valence-corrected chi connectivity index (χ4v) is 3.48. The molecule has 164 valence electrons. The van der Waals surface area contributed by atoms with E-state index in [2.05, 4.69) is 20.3 Å². The number of aliphatic carboxylic acids is 1. The van der Waals surface area contributed by atoms with E-state index in [-0.39, 0.29) is 18.8 Å². The molecule has 1 aromatic carbocycles. The van der Waals surface area contributed by atoms with Gasteiger partial charge in [-0.3, -0.25) is 9.36 Å². The fourth-order valence-electron chi connectivity index (χ4n) is 3.48. The predicted octanol–water partition coefficient (Wildman–Crippen LogP) is 0.331. The summed E-state index contributed by atoms with van der Waals surface area (Å²) in [6.07, 6.45) is -0.0978. The number of fused-ring (bicyclic) bond motifs is 1. The number of carboxylic acids is 1. The van der Waals surface area contributed by atoms with Gasteiger partial charge >= 0.3 is 5.97 Å². The Hall–Kier alpha value is -3.28. The highest BCUT2D eigenvalue weighted by atomic mass is 16.5. The van der Waals surface area contributed by atoms with Crippen LogP contribution in [0.4, 0.5) is 11.8 Å². The molecule has 11 heteroatoms. The van der Waals surface area contributed by atoms with E-state index in [9.17, 15) is 15.0 Å². The van der Waals surface area contributed by atoms with Crippen molar-refractivity contribution in [2.24, 2.45) is 0 Å². The number of hydrogen-bond donors (Lipinski definition) is 5. The van der Waals surface area contributed by atoms with Crippen LogP contribution in [-0.4, -0.2) is 66.2 Å². The first-order valence-electron chi connectivity index (χ1n) is 9.93. The van der Waals surface area contributed by atoms with Gasteiger partial charge in [0.1, 0.15) is 17.7 Å². The number of anilines is 2. The number of nitrogens with zero attached hydrogens (tertiary/aromatic N) is 4. The number of carbonyl (C=O) groups is 1. The summed E-state index contributed by atoms with van der Waals surface area (Å²) in [6.45, 7) is 0.571. The number of nitrogen functional groups attached to an aromatic ring is 1. The molecule has 1 saturated heterocycles. The monoisotopic (exact) mass is 428 g/mol. The summed E-state index contributed by atoms with van der Waals surface area (Å²) in [5.41, 5.74) is 8.87. The lowest BCUT2D eigenvalue weighted by atomic mass is 10.1. The van der Waals surface area contributed by atoms with Crippen molar-refractivity contribution < 1.29 is 24.9 Å². The van der Waals surface area contributed by atoms with Crippen molar-refractivity contribution >= 4 is 28.9 Å². The van der Waals surface area contributed by atoms with Crippen LogP contribution in [-0.2, 0) is 22.4 Å². The molecule has 3 atom stereocenters. The number of benzene rings is 1. The molecule has 0 amide bonds. The maximum Gasteiger partial charge on any atom is 0.303 e. The average Bonchev–Trinajstić information content (AvgIpc) is 3.31. The van der Waals surface area contributed by atoms with E-state index in [1.165, 1.54) is 10.9 Å². The minimum absolute atomic E-state index is 0.0201. The molecule has 11 nitrogen and oxygen atoms in total. The number of aryl methyl sites for hydroxylation is 1. The molecule has 1 aliphatic heterocycles. The average molecular weight is 428 g/mol. The van der Waals surface area contributed by atoms with Crippen molar-refractivity contribution in [3.63, 3.8) is 0 Å². The van der Waals surface area contributed by atoms with Crippen LogP contribution in [0.15, 0.2) is 30.6 Å². The molecule has 0 spiro atoms. The molecule has 3 aromatic rings. The van der Waals surface area contributed by atoms with E-state index in [4.69, 9.17) is 15.6 Å². The molecular formula is C20H24N6O5. The lowest BCUT2D eigenvalue weighted by molar-refractivity contribution is -0.136. The minimum atomic E-state index is -1.09. The van der Waals surface area contributed by atoms with Crippen molar-refractivity contribution in [1.29, 1.82) is 0 Å². The van der Waals surface area contributed by atoms with Crippen LogP contribution < -0.4 is 11.1 Å². The number of hydrogen-bond acceptors (Lipinski definition) is 9. The number of nitrogens with one attached hydrogen (secondary N) is 1. The number of aliphatic hydroxyl groups excluding tert-OH is 2. The van der Waals surface area contributed by atoms with Gasteiger partial charge in [0.25, 0.3) is 0 Å². The summed E-state index contributed by atoms with van der Waals surface area (Å²) in [5, 5.41) is 31.8. The molecule has 1 fully saturated rings. The Morgan fingerprint density at radius 3 is 2.55 bits per heavy atom. The molecule has 4 rings (SSSR count). The zero-order chi connectivity index (χ0) is 22.0. The highest BCUT2D eigenvalue weighted by Gasteiger charge is 2.37. The second-order valence-corrected chi connectivity index (χ2v) is 7.43. The van der Waals surface area contributed by atoms with Crippen molar-refractivity contribution in [2.45, 2.75) is 37.7 Å². The Bertz CT molecular complexity index is 1070. The molecule has 0 aliphatic carbocycles. The number of nitrogens with two attached hydrogens (primary N) is 1. The van der Waals surface area contributed by atoms with Crippen LogP contribution in [0.25, 0.3) is 11.2 Å². The van der Waals surface area contributed by atoms with Crippen molar-refractivity contribution in [2.75, 3.05) is 24.2 Å². The van der Waals surface area contributed by atoms with Gasteiger partial charge in [0.15, 0.2) is 17.7 Å². The van der Waals surface area contributed by atoms with Gasteiger partial charge in [0, 0.05) is 13.0 Å². The van der Waals surface area contributed by atoms with E-state index in [1.54, 1.807) is 0 Å². The fraction of sp³-hybridized carbons (Fsp3) is 0.400. The lowest BCUT2D eigenvalue weighted by Crippen LogP contribution is -2.28. The molecule has 3 heterocycles. The highest BCUT2D eigenvalue weighted by Crippen LogP contribution is 2.28. The van der Waals surface area contributed by atoms with Gasteiger partial charge < -0.3 is 31.1 Å². The summed E-state index contributed by atoms with van der Waals surface area (Å²) in [6, 6.07) is 7.80. The molecule has 0 saturated carbocycles. The Morgan fingerprint density at radius 1 is 1.19 bits per heavy atom. The van der Waals surface area contributed by atoms with Crippen LogP contribution in [0.2, 0.25) is 0 Å². The third-order valence-electron chi connectivity index (χ3n) is 5.19. The summed E-state index contributed by atoms with van der Waals surface area (Å²) in [7, 11) is 0. The van der Waals surface area contributed by atoms with E-state index in [0.29, 0.717) is 36.5 Å². The Labute approximate surface area is 177 Å². The second kappa shape index (κ2) is 8.84. The van der Waals surface area contributed by atoms with Gasteiger partial charge in [0.05, 0.1) is 12.9 Å². The molecule has 0 bridgehead atoms. The number of imidazole rings is 1. The van der Waals surface area contributed by atoms with E-state index >= 15 is 0 Å². The van der Waals surface area contributed by atoms with Gasteiger partial charge in [-0.2, -0.15) is 9.97 Å². The lowest BCUT2D eigenvalue weighted by Gasteiger charge is -2.16. The van der Waals surface area contributed by atoms with Crippen molar-refractivity contribution in [3.8, 4) is 0 Å². The number of aromatic nitrogens is 4. The first kappa shape index (κ1) is 21.0. The Morgan fingerprint density at radius 2 is 1.90 bits per heavy atom. The quantitative estimate of drug-likeness (QED) is 0.337. The van der Waals surface area contributed by atoms with Crippen LogP contribution in [0, 0.1) is 0 Å². The van der Waals surface area contributed by atoms with Gasteiger partial charge in [-0.1, -0.05) is 24.3 Å². The summed E-state index contributed by atoms with van der Waals surface area (Å²) < 4.78 is 6.99. The second-order valence-electron chi connectivity index (χ2n) is 7.43. The number of ether oxygens (including phenoxy) is 1. The Kier molecular flexibility index (Phi) is 5.98. The SMILES string of the molecule is Nc1nc(NCCc2ccc(CCC(=O)O)cc2)nc2c1ncn2C1OCC(O)C1O. The number of aliphatic hydroxyl groups is 2. The van der Waals surface area contributed by atoms with Crippen LogP contribution >= 0.6 is 0 Å². The number of carboxylic acid groups (broad SMARTS) is 1. The minimum Gasteiger partial charge on any atom is -0.481 e. The highest BCUT2D eigenvalue weighted by molar-refractivity contribution is 5.83. The standard InChI is InChI=1S/C20H24N6O5/c21-17-15-18(26(10-23-15)19-16(30)13(27)9-31-19)25-20(24-17)22-8-7-12-3-1-11(2-4-12)5-6-14(28)29/h1-4,10,13,16,19,27,30H,5-9H2,(H,28,29)(H3,21,22,24,25). The Balaban J connectivity index is 1.42. The molecule has 2 aromatic heterocycles. The first-order valence-corrected chi connectivity index (χ1v) is 9.93. The molecule has 6 N–H and O–H groups in total. The van der Waals surface area contributed by atoms with Crippen molar-refractivity contribution in [3.05, 3.63) is 41.7 Å². The van der Waals surface area contributed by atoms with Gasteiger partial charge in [-0.25, -0.2) is 4.98 Å².